The van der Waals surface area contributed by atoms with Gasteiger partial charge in [-0.2, -0.15) is 0 Å². The average Bonchev–Trinajstić information content (AvgIpc) is 2.98. The van der Waals surface area contributed by atoms with E-state index < -0.39 is 15.6 Å². The third kappa shape index (κ3) is 6.93. The van der Waals surface area contributed by atoms with Crippen LogP contribution in [0, 0.1) is 5.92 Å². The van der Waals surface area contributed by atoms with Crippen molar-refractivity contribution in [2.45, 2.75) is 44.0 Å². The molecule has 1 aliphatic rings. The Balaban J connectivity index is 0.00000312. The Morgan fingerprint density at radius 2 is 1.88 bits per heavy atom. The summed E-state index contributed by atoms with van der Waals surface area (Å²) < 4.78 is 27.1. The van der Waals surface area contributed by atoms with Crippen LogP contribution < -0.4 is 15.4 Å². The van der Waals surface area contributed by atoms with Crippen LogP contribution in [0.3, 0.4) is 0 Å². The summed E-state index contributed by atoms with van der Waals surface area (Å²) in [6.07, 6.45) is 2.11. The number of rotatable bonds is 6. The Labute approximate surface area is 156 Å². The molecule has 1 atom stereocenters. The highest BCUT2D eigenvalue weighted by Crippen LogP contribution is 2.14. The monoisotopic (exact) mass is 389 g/mol. The lowest BCUT2D eigenvalue weighted by Gasteiger charge is -2.20. The van der Waals surface area contributed by atoms with E-state index in [0.29, 0.717) is 18.0 Å². The Morgan fingerprint density at radius 1 is 1.24 bits per heavy atom. The van der Waals surface area contributed by atoms with Gasteiger partial charge in [-0.3, -0.25) is 4.79 Å². The largest absolute Gasteiger partial charge is 0.352 e. The minimum atomic E-state index is -3.58. The van der Waals surface area contributed by atoms with Gasteiger partial charge in [0.1, 0.15) is 0 Å². The molecule has 1 aliphatic heterocycles. The van der Waals surface area contributed by atoms with Crippen LogP contribution in [0.2, 0.25) is 0 Å². The Hall–Kier alpha value is -1.15. The molecule has 3 N–H and O–H groups in total. The Morgan fingerprint density at radius 3 is 2.40 bits per heavy atom. The van der Waals surface area contributed by atoms with Gasteiger partial charge in [-0.05, 0) is 76.9 Å². The first-order chi connectivity index (χ1) is 11.2. The van der Waals surface area contributed by atoms with E-state index in [9.17, 15) is 13.2 Å². The molecule has 1 amide bonds. The van der Waals surface area contributed by atoms with Gasteiger partial charge in [0.2, 0.25) is 10.0 Å². The Kier molecular flexibility index (Phi) is 7.87. The third-order valence-electron chi connectivity index (χ3n) is 3.87. The fourth-order valence-corrected chi connectivity index (χ4v) is 4.12. The second kappa shape index (κ2) is 8.98. The maximum atomic E-state index is 12.2. The maximum Gasteiger partial charge on any atom is 0.251 e. The molecule has 1 aromatic carbocycles. The third-order valence-corrected chi connectivity index (χ3v) is 5.64. The zero-order chi connectivity index (χ0) is 17.8. The highest BCUT2D eigenvalue weighted by Gasteiger charge is 2.22. The SMILES string of the molecule is CC(C)(C)NS(=O)(=O)c1ccc(C(=O)NCCC2CCNC2)cc1.Cl. The van der Waals surface area contributed by atoms with Crippen molar-refractivity contribution in [1.82, 2.24) is 15.4 Å². The van der Waals surface area contributed by atoms with Crippen molar-refractivity contribution in [2.75, 3.05) is 19.6 Å². The van der Waals surface area contributed by atoms with E-state index in [-0.39, 0.29) is 23.2 Å². The minimum absolute atomic E-state index is 0. The smallest absolute Gasteiger partial charge is 0.251 e. The number of carbonyl (C=O) groups excluding carboxylic acids is 1. The average molecular weight is 390 g/mol. The van der Waals surface area contributed by atoms with Crippen LogP contribution in [0.5, 0.6) is 0 Å². The van der Waals surface area contributed by atoms with Crippen molar-refractivity contribution >= 4 is 28.3 Å². The van der Waals surface area contributed by atoms with E-state index in [0.717, 1.165) is 25.9 Å². The minimum Gasteiger partial charge on any atom is -0.352 e. The summed E-state index contributed by atoms with van der Waals surface area (Å²) in [5, 5.41) is 6.19. The van der Waals surface area contributed by atoms with E-state index in [1.165, 1.54) is 12.1 Å². The number of carbonyl (C=O) groups is 1. The van der Waals surface area contributed by atoms with Gasteiger partial charge in [-0.15, -0.1) is 12.4 Å². The lowest BCUT2D eigenvalue weighted by molar-refractivity contribution is 0.0951. The van der Waals surface area contributed by atoms with E-state index in [4.69, 9.17) is 0 Å². The molecule has 1 aromatic rings. The quantitative estimate of drug-likeness (QED) is 0.693. The first kappa shape index (κ1) is 21.9. The summed E-state index contributed by atoms with van der Waals surface area (Å²) in [6.45, 7) is 8.06. The molecule has 0 radical (unpaired) electrons. The normalized spacial score (nSPS) is 17.8. The van der Waals surface area contributed by atoms with Gasteiger partial charge >= 0.3 is 0 Å². The second-order valence-corrected chi connectivity index (χ2v) is 8.97. The molecule has 142 valence electrons. The molecule has 0 bridgehead atoms. The predicted octanol–water partition coefficient (Wildman–Crippen LogP) is 1.91. The molecular weight excluding hydrogens is 362 g/mol. The fourth-order valence-electron chi connectivity index (χ4n) is 2.70. The predicted molar refractivity (Wildman–Crippen MR) is 102 cm³/mol. The summed E-state index contributed by atoms with van der Waals surface area (Å²) in [5.41, 5.74) is -0.0847. The second-order valence-electron chi connectivity index (χ2n) is 7.28. The van der Waals surface area contributed by atoms with Crippen LogP contribution in [0.4, 0.5) is 0 Å². The van der Waals surface area contributed by atoms with Gasteiger partial charge in [-0.1, -0.05) is 0 Å². The molecule has 2 rings (SSSR count). The number of hydrogen-bond acceptors (Lipinski definition) is 4. The highest BCUT2D eigenvalue weighted by atomic mass is 35.5. The molecular formula is C17H28ClN3O3S. The first-order valence-corrected chi connectivity index (χ1v) is 9.79. The van der Waals surface area contributed by atoms with Gasteiger partial charge < -0.3 is 10.6 Å². The summed E-state index contributed by atoms with van der Waals surface area (Å²) in [4.78, 5) is 12.3. The van der Waals surface area contributed by atoms with Gasteiger partial charge in [0.25, 0.3) is 5.91 Å². The Bertz CT molecular complexity index is 663. The van der Waals surface area contributed by atoms with Crippen molar-refractivity contribution in [3.8, 4) is 0 Å². The van der Waals surface area contributed by atoms with Crippen molar-refractivity contribution in [1.29, 1.82) is 0 Å². The van der Waals surface area contributed by atoms with E-state index >= 15 is 0 Å². The lowest BCUT2D eigenvalue weighted by Crippen LogP contribution is -2.40. The van der Waals surface area contributed by atoms with Crippen molar-refractivity contribution in [3.63, 3.8) is 0 Å². The number of amides is 1. The lowest BCUT2D eigenvalue weighted by atomic mass is 10.1. The van der Waals surface area contributed by atoms with E-state index in [1.54, 1.807) is 32.9 Å². The fraction of sp³-hybridized carbons (Fsp3) is 0.588. The summed E-state index contributed by atoms with van der Waals surface area (Å²) in [6, 6.07) is 6.01. The van der Waals surface area contributed by atoms with Crippen molar-refractivity contribution in [3.05, 3.63) is 29.8 Å². The molecule has 0 aliphatic carbocycles. The molecule has 1 heterocycles. The number of halogens is 1. The molecule has 1 unspecified atom stereocenters. The van der Waals surface area contributed by atoms with Gasteiger partial charge in [0, 0.05) is 17.6 Å². The molecule has 0 saturated carbocycles. The molecule has 0 aromatic heterocycles. The van der Waals surface area contributed by atoms with E-state index in [2.05, 4.69) is 15.4 Å². The van der Waals surface area contributed by atoms with Gasteiger partial charge in [0.15, 0.2) is 0 Å². The summed E-state index contributed by atoms with van der Waals surface area (Å²) in [7, 11) is -3.58. The van der Waals surface area contributed by atoms with Crippen molar-refractivity contribution < 1.29 is 13.2 Å². The topological polar surface area (TPSA) is 87.3 Å². The van der Waals surface area contributed by atoms with Gasteiger partial charge in [0.05, 0.1) is 4.90 Å². The summed E-state index contributed by atoms with van der Waals surface area (Å²) >= 11 is 0. The molecule has 1 fully saturated rings. The molecule has 25 heavy (non-hydrogen) atoms. The zero-order valence-corrected chi connectivity index (χ0v) is 16.6. The molecule has 6 nitrogen and oxygen atoms in total. The molecule has 0 spiro atoms. The number of benzene rings is 1. The van der Waals surface area contributed by atoms with Crippen LogP contribution >= 0.6 is 12.4 Å². The highest BCUT2D eigenvalue weighted by molar-refractivity contribution is 7.89. The van der Waals surface area contributed by atoms with Crippen molar-refractivity contribution in [2.24, 2.45) is 5.92 Å². The van der Waals surface area contributed by atoms with Crippen LogP contribution in [-0.4, -0.2) is 39.5 Å². The number of hydrogen-bond donors (Lipinski definition) is 3. The van der Waals surface area contributed by atoms with Crippen LogP contribution in [-0.2, 0) is 10.0 Å². The van der Waals surface area contributed by atoms with Gasteiger partial charge in [-0.25, -0.2) is 13.1 Å². The zero-order valence-electron chi connectivity index (χ0n) is 15.0. The number of nitrogens with one attached hydrogen (secondary N) is 3. The standard InChI is InChI=1S/C17H27N3O3S.ClH/c1-17(2,3)20-24(22,23)15-6-4-14(5-7-15)16(21)19-11-9-13-8-10-18-12-13;/h4-7,13,18,20H,8-12H2,1-3H3,(H,19,21);1H. The van der Waals surface area contributed by atoms with E-state index in [1.807, 2.05) is 0 Å². The number of sulfonamides is 1. The maximum absolute atomic E-state index is 12.2. The molecule has 8 heteroatoms. The summed E-state index contributed by atoms with van der Waals surface area (Å²) in [5.74, 6) is 0.454. The first-order valence-electron chi connectivity index (χ1n) is 8.30. The molecule has 1 saturated heterocycles. The van der Waals surface area contributed by atoms with Crippen LogP contribution in [0.15, 0.2) is 29.2 Å². The van der Waals surface area contributed by atoms with Crippen LogP contribution in [0.25, 0.3) is 0 Å². The van der Waals surface area contributed by atoms with Crippen LogP contribution in [0.1, 0.15) is 44.0 Å².